The second-order valence-electron chi connectivity index (χ2n) is 4.10. The first-order valence-electron chi connectivity index (χ1n) is 5.80. The molecule has 0 saturated carbocycles. The molecule has 0 radical (unpaired) electrons. The molecule has 0 bridgehead atoms. The Morgan fingerprint density at radius 2 is 2.00 bits per heavy atom. The van der Waals surface area contributed by atoms with Crippen LogP contribution in [0.15, 0.2) is 47.5 Å². The van der Waals surface area contributed by atoms with Gasteiger partial charge in [0.15, 0.2) is 6.20 Å². The average molecular weight is 349 g/mol. The molecule has 1 amide bonds. The molecular weight excluding hydrogens is 341 g/mol. The number of amides is 1. The number of hydrogen-bond acceptors (Lipinski definition) is 3. The van der Waals surface area contributed by atoms with Crippen LogP contribution in [0, 0.1) is 5.21 Å². The van der Waals surface area contributed by atoms with Crippen LogP contribution in [0.25, 0.3) is 0 Å². The Morgan fingerprint density at radius 1 is 1.27 bits per heavy atom. The Hall–Kier alpha value is -1.93. The molecule has 2 aromatic rings. The molecule has 0 fully saturated rings. The standard InChI is InChI=1S/C13H8ClF3N2O2S/c14-11-5-4-8(7-19(11)21)12(20)18-9-2-1-3-10(6-9)22-13(15,16)17/h1-7H,(H,18,20). The van der Waals surface area contributed by atoms with E-state index in [0.29, 0.717) is 4.73 Å². The van der Waals surface area contributed by atoms with E-state index < -0.39 is 11.4 Å². The van der Waals surface area contributed by atoms with Gasteiger partial charge in [0.1, 0.15) is 5.56 Å². The van der Waals surface area contributed by atoms with Crippen molar-refractivity contribution in [3.8, 4) is 0 Å². The number of halogens is 4. The first-order chi connectivity index (χ1) is 10.2. The smallest absolute Gasteiger partial charge is 0.446 e. The maximum Gasteiger partial charge on any atom is 0.446 e. The molecule has 0 aliphatic rings. The van der Waals surface area contributed by atoms with Crippen LogP contribution in [0.2, 0.25) is 5.15 Å². The maximum absolute atomic E-state index is 12.3. The molecule has 0 aliphatic carbocycles. The zero-order valence-electron chi connectivity index (χ0n) is 10.7. The third-order valence-corrected chi connectivity index (χ3v) is 3.47. The Labute approximate surface area is 132 Å². The van der Waals surface area contributed by atoms with Crippen molar-refractivity contribution in [3.05, 3.63) is 58.5 Å². The molecule has 0 aliphatic heterocycles. The monoisotopic (exact) mass is 348 g/mol. The van der Waals surface area contributed by atoms with Gasteiger partial charge in [0, 0.05) is 16.6 Å². The van der Waals surface area contributed by atoms with E-state index in [4.69, 9.17) is 11.6 Å². The first kappa shape index (κ1) is 16.4. The van der Waals surface area contributed by atoms with E-state index in [1.807, 2.05) is 0 Å². The van der Waals surface area contributed by atoms with Crippen LogP contribution in [-0.2, 0) is 0 Å². The van der Waals surface area contributed by atoms with Crippen molar-refractivity contribution in [2.45, 2.75) is 10.4 Å². The van der Waals surface area contributed by atoms with Crippen molar-refractivity contribution < 1.29 is 22.7 Å². The molecule has 0 spiro atoms. The van der Waals surface area contributed by atoms with Crippen molar-refractivity contribution in [3.63, 3.8) is 0 Å². The number of benzene rings is 1. The first-order valence-corrected chi connectivity index (χ1v) is 7.00. The summed E-state index contributed by atoms with van der Waals surface area (Å²) in [5.74, 6) is -0.629. The maximum atomic E-state index is 12.3. The minimum atomic E-state index is -4.41. The van der Waals surface area contributed by atoms with E-state index in [0.717, 1.165) is 6.20 Å². The van der Waals surface area contributed by atoms with Gasteiger partial charge in [-0.2, -0.15) is 17.9 Å². The Balaban J connectivity index is 2.14. The highest BCUT2D eigenvalue weighted by atomic mass is 35.5. The van der Waals surface area contributed by atoms with Gasteiger partial charge in [-0.25, -0.2) is 0 Å². The van der Waals surface area contributed by atoms with Crippen LogP contribution >= 0.6 is 23.4 Å². The van der Waals surface area contributed by atoms with E-state index in [1.165, 1.54) is 36.4 Å². The molecule has 2 rings (SSSR count). The molecule has 116 valence electrons. The Morgan fingerprint density at radius 3 is 2.64 bits per heavy atom. The summed E-state index contributed by atoms with van der Waals surface area (Å²) in [4.78, 5) is 11.9. The van der Waals surface area contributed by atoms with E-state index in [9.17, 15) is 23.2 Å². The van der Waals surface area contributed by atoms with E-state index in [2.05, 4.69) is 5.32 Å². The third kappa shape index (κ3) is 4.54. The number of hydrogen-bond donors (Lipinski definition) is 1. The molecule has 0 saturated heterocycles. The molecule has 1 aromatic heterocycles. The fourth-order valence-electron chi connectivity index (χ4n) is 1.57. The number of nitrogens with one attached hydrogen (secondary N) is 1. The predicted octanol–water partition coefficient (Wildman–Crippen LogP) is 3.84. The van der Waals surface area contributed by atoms with Crippen molar-refractivity contribution in [2.24, 2.45) is 0 Å². The van der Waals surface area contributed by atoms with Gasteiger partial charge >= 0.3 is 5.51 Å². The minimum Gasteiger partial charge on any atom is -0.618 e. The molecule has 22 heavy (non-hydrogen) atoms. The van der Waals surface area contributed by atoms with Crippen LogP contribution in [0.5, 0.6) is 0 Å². The van der Waals surface area contributed by atoms with Crippen molar-refractivity contribution >= 4 is 35.0 Å². The normalized spacial score (nSPS) is 11.3. The summed E-state index contributed by atoms with van der Waals surface area (Å²) in [5.41, 5.74) is -4.19. The van der Waals surface area contributed by atoms with Gasteiger partial charge < -0.3 is 10.5 Å². The number of carbonyl (C=O) groups is 1. The quantitative estimate of drug-likeness (QED) is 0.397. The van der Waals surface area contributed by atoms with Crippen LogP contribution in [-0.4, -0.2) is 11.4 Å². The highest BCUT2D eigenvalue weighted by molar-refractivity contribution is 8.00. The van der Waals surface area contributed by atoms with Gasteiger partial charge in [0.05, 0.1) is 0 Å². The SMILES string of the molecule is O=C(Nc1cccc(SC(F)(F)F)c1)c1ccc(Cl)[n+]([O-])c1. The highest BCUT2D eigenvalue weighted by Gasteiger charge is 2.29. The number of anilines is 1. The third-order valence-electron chi connectivity index (χ3n) is 2.45. The number of alkyl halides is 3. The molecule has 1 aromatic carbocycles. The number of rotatable bonds is 3. The summed E-state index contributed by atoms with van der Waals surface area (Å²) in [6, 6.07) is 7.89. The zero-order chi connectivity index (χ0) is 16.3. The zero-order valence-corrected chi connectivity index (χ0v) is 12.3. The lowest BCUT2D eigenvalue weighted by molar-refractivity contribution is -0.603. The molecular formula is C13H8ClF3N2O2S. The van der Waals surface area contributed by atoms with Crippen LogP contribution in [0.1, 0.15) is 10.4 Å². The van der Waals surface area contributed by atoms with Gasteiger partial charge in [-0.15, -0.1) is 0 Å². The van der Waals surface area contributed by atoms with E-state index in [-0.39, 0.29) is 33.1 Å². The van der Waals surface area contributed by atoms with Crippen molar-refractivity contribution in [1.82, 2.24) is 0 Å². The minimum absolute atomic E-state index is 0.0354. The number of carbonyl (C=O) groups excluding carboxylic acids is 1. The second-order valence-corrected chi connectivity index (χ2v) is 5.62. The summed E-state index contributed by atoms with van der Waals surface area (Å²) in [6.07, 6.45) is 0.978. The summed E-state index contributed by atoms with van der Waals surface area (Å²) < 4.78 is 37.2. The molecule has 4 nitrogen and oxygen atoms in total. The number of aromatic nitrogens is 1. The van der Waals surface area contributed by atoms with Crippen molar-refractivity contribution in [2.75, 3.05) is 5.32 Å². The molecule has 0 atom stereocenters. The van der Waals surface area contributed by atoms with Gasteiger partial charge in [0.2, 0.25) is 0 Å². The number of pyridine rings is 1. The fraction of sp³-hybridized carbons (Fsp3) is 0.0769. The highest BCUT2D eigenvalue weighted by Crippen LogP contribution is 2.37. The van der Waals surface area contributed by atoms with Crippen LogP contribution < -0.4 is 10.0 Å². The van der Waals surface area contributed by atoms with Gasteiger partial charge in [0.25, 0.3) is 11.1 Å². The van der Waals surface area contributed by atoms with Gasteiger partial charge in [-0.1, -0.05) is 6.07 Å². The number of thioether (sulfide) groups is 1. The average Bonchev–Trinajstić information content (AvgIpc) is 2.40. The predicted molar refractivity (Wildman–Crippen MR) is 76.7 cm³/mol. The van der Waals surface area contributed by atoms with Crippen LogP contribution in [0.4, 0.5) is 18.9 Å². The summed E-state index contributed by atoms with van der Waals surface area (Å²) >= 11 is 5.26. The summed E-state index contributed by atoms with van der Waals surface area (Å²) in [5, 5.41) is 13.6. The topological polar surface area (TPSA) is 56.0 Å². The van der Waals surface area contributed by atoms with Crippen LogP contribution in [0.3, 0.4) is 0 Å². The molecule has 1 heterocycles. The van der Waals surface area contributed by atoms with E-state index >= 15 is 0 Å². The lowest BCUT2D eigenvalue weighted by atomic mass is 10.2. The lowest BCUT2D eigenvalue weighted by Crippen LogP contribution is -2.29. The largest absolute Gasteiger partial charge is 0.618 e. The Bertz CT molecular complexity index is 710. The molecule has 0 unspecified atom stereocenters. The molecule has 9 heteroatoms. The summed E-state index contributed by atoms with van der Waals surface area (Å²) in [7, 11) is 0. The fourth-order valence-corrected chi connectivity index (χ4v) is 2.28. The summed E-state index contributed by atoms with van der Waals surface area (Å²) in [6.45, 7) is 0. The Kier molecular flexibility index (Phi) is 4.82. The van der Waals surface area contributed by atoms with Gasteiger partial charge in [-0.05, 0) is 47.6 Å². The van der Waals surface area contributed by atoms with E-state index in [1.54, 1.807) is 0 Å². The van der Waals surface area contributed by atoms with Crippen molar-refractivity contribution in [1.29, 1.82) is 0 Å². The van der Waals surface area contributed by atoms with Gasteiger partial charge in [-0.3, -0.25) is 4.79 Å². The lowest BCUT2D eigenvalue weighted by Gasteiger charge is -2.09. The second kappa shape index (κ2) is 6.45. The molecule has 1 N–H and O–H groups in total. The number of nitrogens with zero attached hydrogens (tertiary/aromatic N) is 1.